The number of hydrogen-bond acceptors (Lipinski definition) is 5. The third-order valence-corrected chi connectivity index (χ3v) is 7.19. The molecule has 160 valence electrons. The highest BCUT2D eigenvalue weighted by molar-refractivity contribution is 7.89. The van der Waals surface area contributed by atoms with E-state index in [9.17, 15) is 13.2 Å². The minimum atomic E-state index is -3.89. The zero-order chi connectivity index (χ0) is 22.0. The zero-order valence-corrected chi connectivity index (χ0v) is 18.1. The molecule has 0 aliphatic carbocycles. The van der Waals surface area contributed by atoms with Crippen LogP contribution < -0.4 is 4.74 Å². The van der Waals surface area contributed by atoms with Crippen LogP contribution in [-0.4, -0.2) is 32.4 Å². The molecule has 1 atom stereocenters. The number of esters is 1. The molecule has 1 heterocycles. The van der Waals surface area contributed by atoms with E-state index in [-0.39, 0.29) is 11.5 Å². The topological polar surface area (TPSA) is 72.9 Å². The number of carbonyl (C=O) groups excluding carboxylic acids is 1. The molecule has 0 amide bonds. The number of rotatable bonds is 6. The number of sulfonamides is 1. The van der Waals surface area contributed by atoms with Crippen LogP contribution in [0, 0.1) is 0 Å². The van der Waals surface area contributed by atoms with Crippen LogP contribution in [0.5, 0.6) is 5.75 Å². The number of methoxy groups -OCH3 is 1. The summed E-state index contributed by atoms with van der Waals surface area (Å²) in [5, 5.41) is 2.11. The third-order valence-electron chi connectivity index (χ3n) is 5.31. The second-order valence-electron chi connectivity index (χ2n) is 7.19. The summed E-state index contributed by atoms with van der Waals surface area (Å²) in [5.41, 5.74) is 1.28. The molecule has 4 rings (SSSR count). The van der Waals surface area contributed by atoms with Crippen molar-refractivity contribution < 1.29 is 22.7 Å². The number of ether oxygens (including phenoxy) is 2. The Bertz CT molecular complexity index is 1250. The zero-order valence-electron chi connectivity index (χ0n) is 17.3. The average molecular weight is 438 g/mol. The molecular formula is C24H23NO5S. The first kappa shape index (κ1) is 20.9. The largest absolute Gasteiger partial charge is 0.497 e. The number of fused-ring (bicyclic) bond motifs is 1. The Kier molecular flexibility index (Phi) is 5.69. The molecule has 0 bridgehead atoms. The van der Waals surface area contributed by atoms with Crippen molar-refractivity contribution in [2.45, 2.75) is 24.3 Å². The lowest BCUT2D eigenvalue weighted by Crippen LogP contribution is -2.43. The predicted molar refractivity (Wildman–Crippen MR) is 118 cm³/mol. The van der Waals surface area contributed by atoms with Gasteiger partial charge in [0.25, 0.3) is 10.0 Å². The van der Waals surface area contributed by atoms with Crippen molar-refractivity contribution in [3.05, 3.63) is 84.1 Å². The minimum Gasteiger partial charge on any atom is -0.497 e. The maximum Gasteiger partial charge on any atom is 0.332 e. The second kappa shape index (κ2) is 8.43. The van der Waals surface area contributed by atoms with Gasteiger partial charge in [-0.25, -0.2) is 13.2 Å². The molecule has 0 saturated carbocycles. The highest BCUT2D eigenvalue weighted by Gasteiger charge is 2.43. The quantitative estimate of drug-likeness (QED) is 0.421. The lowest BCUT2D eigenvalue weighted by molar-refractivity contribution is -0.137. The Morgan fingerprint density at radius 3 is 2.45 bits per heavy atom. The molecule has 6 nitrogen and oxygen atoms in total. The van der Waals surface area contributed by atoms with Crippen molar-refractivity contribution in [1.82, 2.24) is 4.31 Å². The van der Waals surface area contributed by atoms with Crippen LogP contribution in [0.15, 0.2) is 83.4 Å². The maximum absolute atomic E-state index is 13.5. The number of carbonyl (C=O) groups is 1. The summed E-state index contributed by atoms with van der Waals surface area (Å²) >= 11 is 0. The molecule has 7 heteroatoms. The molecule has 3 aromatic rings. The van der Waals surface area contributed by atoms with Crippen molar-refractivity contribution in [3.63, 3.8) is 0 Å². The Labute approximate surface area is 181 Å². The third kappa shape index (κ3) is 4.01. The van der Waals surface area contributed by atoms with Crippen molar-refractivity contribution >= 4 is 26.8 Å². The summed E-state index contributed by atoms with van der Waals surface area (Å²) in [6, 6.07) is 19.6. The summed E-state index contributed by atoms with van der Waals surface area (Å²) in [6.07, 6.45) is 1.69. The molecule has 1 fully saturated rings. The van der Waals surface area contributed by atoms with Gasteiger partial charge in [0.05, 0.1) is 24.7 Å². The standard InChI is InChI=1S/C24H23NO5S/c1-3-30-24(26)16-20-15-23(19-9-8-17-6-4-5-7-18(17)14-19)25(20)31(27,28)22-12-10-21(29-2)11-13-22/h4-14,16,23H,3,15H2,1-2H3/b20-16+/t23-/m1/s1. The van der Waals surface area contributed by atoms with Crippen LogP contribution in [0.4, 0.5) is 0 Å². The van der Waals surface area contributed by atoms with E-state index < -0.39 is 22.0 Å². The summed E-state index contributed by atoms with van der Waals surface area (Å²) in [4.78, 5) is 12.2. The van der Waals surface area contributed by atoms with Gasteiger partial charge in [-0.05, 0) is 53.6 Å². The van der Waals surface area contributed by atoms with Gasteiger partial charge in [-0.3, -0.25) is 4.31 Å². The van der Waals surface area contributed by atoms with Crippen LogP contribution in [0.1, 0.15) is 24.9 Å². The fourth-order valence-corrected chi connectivity index (χ4v) is 5.43. The van der Waals surface area contributed by atoms with Gasteiger partial charge >= 0.3 is 5.97 Å². The monoisotopic (exact) mass is 437 g/mol. The molecular weight excluding hydrogens is 414 g/mol. The maximum atomic E-state index is 13.5. The molecule has 3 aromatic carbocycles. The molecule has 31 heavy (non-hydrogen) atoms. The SMILES string of the molecule is CCOC(=O)/C=C1\C[C@H](c2ccc3ccccc3c2)N1S(=O)(=O)c1ccc(OC)cc1. The van der Waals surface area contributed by atoms with E-state index in [2.05, 4.69) is 0 Å². The highest BCUT2D eigenvalue weighted by Crippen LogP contribution is 2.46. The molecule has 0 N–H and O–H groups in total. The molecule has 0 spiro atoms. The van der Waals surface area contributed by atoms with E-state index in [0.29, 0.717) is 17.9 Å². The van der Waals surface area contributed by atoms with E-state index >= 15 is 0 Å². The normalized spacial score (nSPS) is 17.4. The van der Waals surface area contributed by atoms with Crippen LogP contribution in [0.25, 0.3) is 10.8 Å². The van der Waals surface area contributed by atoms with Gasteiger partial charge < -0.3 is 9.47 Å². The fourth-order valence-electron chi connectivity index (χ4n) is 3.75. The van der Waals surface area contributed by atoms with Gasteiger partial charge in [0.2, 0.25) is 0 Å². The van der Waals surface area contributed by atoms with E-state index in [1.807, 2.05) is 42.5 Å². The Hall–Kier alpha value is -3.32. The smallest absolute Gasteiger partial charge is 0.332 e. The Morgan fingerprint density at radius 2 is 1.77 bits per heavy atom. The van der Waals surface area contributed by atoms with Crippen LogP contribution in [0.3, 0.4) is 0 Å². The summed E-state index contributed by atoms with van der Waals surface area (Å²) in [5.74, 6) is 0.0142. The van der Waals surface area contributed by atoms with Gasteiger partial charge in [-0.2, -0.15) is 0 Å². The van der Waals surface area contributed by atoms with Crippen molar-refractivity contribution in [3.8, 4) is 5.75 Å². The van der Waals surface area contributed by atoms with Gasteiger partial charge in [-0.1, -0.05) is 36.4 Å². The molecule has 0 aromatic heterocycles. The minimum absolute atomic E-state index is 0.133. The van der Waals surface area contributed by atoms with E-state index in [4.69, 9.17) is 9.47 Å². The summed E-state index contributed by atoms with van der Waals surface area (Å²) < 4.78 is 38.4. The van der Waals surface area contributed by atoms with Gasteiger partial charge in [0.15, 0.2) is 0 Å². The summed E-state index contributed by atoms with van der Waals surface area (Å²) in [6.45, 7) is 1.93. The highest BCUT2D eigenvalue weighted by atomic mass is 32.2. The van der Waals surface area contributed by atoms with E-state index in [1.165, 1.54) is 29.6 Å². The van der Waals surface area contributed by atoms with Crippen LogP contribution >= 0.6 is 0 Å². The molecule has 0 unspecified atom stereocenters. The van der Waals surface area contributed by atoms with Crippen molar-refractivity contribution in [2.24, 2.45) is 0 Å². The second-order valence-corrected chi connectivity index (χ2v) is 9.01. The molecule has 0 radical (unpaired) electrons. The molecule has 1 aliphatic rings. The Balaban J connectivity index is 1.75. The first-order valence-corrected chi connectivity index (χ1v) is 11.4. The van der Waals surface area contributed by atoms with Crippen molar-refractivity contribution in [1.29, 1.82) is 0 Å². The van der Waals surface area contributed by atoms with Crippen molar-refractivity contribution in [2.75, 3.05) is 13.7 Å². The Morgan fingerprint density at radius 1 is 1.06 bits per heavy atom. The van der Waals surface area contributed by atoms with Crippen LogP contribution in [0.2, 0.25) is 0 Å². The predicted octanol–water partition coefficient (Wildman–Crippen LogP) is 4.43. The lowest BCUT2D eigenvalue weighted by Gasteiger charge is -2.44. The van der Waals surface area contributed by atoms with Gasteiger partial charge in [-0.15, -0.1) is 0 Å². The van der Waals surface area contributed by atoms with Crippen LogP contribution in [-0.2, 0) is 19.6 Å². The number of benzene rings is 3. The first-order valence-electron chi connectivity index (χ1n) is 9.98. The number of hydrogen-bond donors (Lipinski definition) is 0. The van der Waals surface area contributed by atoms with E-state index in [1.54, 1.807) is 19.1 Å². The fraction of sp³-hybridized carbons (Fsp3) is 0.208. The first-order chi connectivity index (χ1) is 14.9. The lowest BCUT2D eigenvalue weighted by atomic mass is 9.92. The van der Waals surface area contributed by atoms with Gasteiger partial charge in [0, 0.05) is 18.2 Å². The van der Waals surface area contributed by atoms with Gasteiger partial charge in [0.1, 0.15) is 5.75 Å². The van der Waals surface area contributed by atoms with E-state index in [0.717, 1.165) is 16.3 Å². The summed E-state index contributed by atoms with van der Waals surface area (Å²) in [7, 11) is -2.36. The molecule has 1 aliphatic heterocycles. The molecule has 1 saturated heterocycles. The average Bonchev–Trinajstić information content (AvgIpc) is 2.76. The number of nitrogens with zero attached hydrogens (tertiary/aromatic N) is 1.